The van der Waals surface area contributed by atoms with Crippen molar-refractivity contribution < 1.29 is 19.1 Å². The predicted molar refractivity (Wildman–Crippen MR) is 118 cm³/mol. The molecule has 0 spiro atoms. The quantitative estimate of drug-likeness (QED) is 0.456. The Balaban J connectivity index is 1.63. The van der Waals surface area contributed by atoms with E-state index in [0.29, 0.717) is 22.0 Å². The number of carbonyl (C=O) groups is 2. The molecule has 1 heterocycles. The lowest BCUT2D eigenvalue weighted by Gasteiger charge is -2.26. The lowest BCUT2D eigenvalue weighted by Crippen LogP contribution is -2.41. The third-order valence-corrected chi connectivity index (χ3v) is 5.57. The third-order valence-electron chi connectivity index (χ3n) is 5.00. The Morgan fingerprint density at radius 3 is 2.23 bits per heavy atom. The van der Waals surface area contributed by atoms with Crippen LogP contribution in [-0.4, -0.2) is 23.0 Å². The fraction of sp³-hybridized carbons (Fsp3) is 0.167. The summed E-state index contributed by atoms with van der Waals surface area (Å²) in [5.74, 6) is -0.517. The van der Waals surface area contributed by atoms with Crippen molar-refractivity contribution in [2.24, 2.45) is 0 Å². The van der Waals surface area contributed by atoms with Gasteiger partial charge in [0, 0.05) is 17.0 Å². The molecule has 1 saturated heterocycles. The molecule has 0 unspecified atom stereocenters. The summed E-state index contributed by atoms with van der Waals surface area (Å²) < 4.78 is 11.1. The van der Waals surface area contributed by atoms with E-state index < -0.39 is 24.3 Å². The van der Waals surface area contributed by atoms with Gasteiger partial charge in [0.15, 0.2) is 0 Å². The molecule has 1 aliphatic heterocycles. The topological polar surface area (TPSA) is 55.8 Å². The van der Waals surface area contributed by atoms with Crippen LogP contribution in [0.1, 0.15) is 22.9 Å². The second kappa shape index (κ2) is 9.41. The van der Waals surface area contributed by atoms with E-state index in [1.807, 2.05) is 60.7 Å². The summed E-state index contributed by atoms with van der Waals surface area (Å²) in [5, 5.41) is 0.739. The van der Waals surface area contributed by atoms with E-state index in [9.17, 15) is 9.59 Å². The molecular weight excluding hydrogens is 437 g/mol. The molecule has 0 N–H and O–H groups in total. The molecule has 3 aromatic carbocycles. The number of hydrogen-bond acceptors (Lipinski definition) is 4. The highest BCUT2D eigenvalue weighted by Crippen LogP contribution is 2.38. The van der Waals surface area contributed by atoms with Gasteiger partial charge in [0.2, 0.25) is 6.23 Å². The maximum absolute atomic E-state index is 13.1. The number of carbonyl (C=O) groups excluding carboxylic acids is 2. The highest BCUT2D eigenvalue weighted by atomic mass is 35.5. The van der Waals surface area contributed by atoms with Gasteiger partial charge in [-0.25, -0.2) is 9.59 Å². The summed E-state index contributed by atoms with van der Waals surface area (Å²) in [6.07, 6.45) is -1.37. The number of benzene rings is 3. The molecular formula is C24H19Cl2NO4. The summed E-state index contributed by atoms with van der Waals surface area (Å²) >= 11 is 12.4. The van der Waals surface area contributed by atoms with Crippen LogP contribution in [0.25, 0.3) is 0 Å². The van der Waals surface area contributed by atoms with Crippen molar-refractivity contribution >= 4 is 35.3 Å². The van der Waals surface area contributed by atoms with Crippen LogP contribution < -0.4 is 0 Å². The summed E-state index contributed by atoms with van der Waals surface area (Å²) in [6.45, 7) is 0.0729. The molecule has 31 heavy (non-hydrogen) atoms. The molecule has 1 amide bonds. The second-order valence-electron chi connectivity index (χ2n) is 7.11. The first-order chi connectivity index (χ1) is 15.0. The van der Waals surface area contributed by atoms with Crippen LogP contribution in [0.3, 0.4) is 0 Å². The van der Waals surface area contributed by atoms with E-state index >= 15 is 0 Å². The Labute approximate surface area is 190 Å². The van der Waals surface area contributed by atoms with Crippen molar-refractivity contribution in [3.63, 3.8) is 0 Å². The molecule has 158 valence electrons. The second-order valence-corrected chi connectivity index (χ2v) is 7.95. The smallest absolute Gasteiger partial charge is 0.414 e. The highest BCUT2D eigenvalue weighted by Gasteiger charge is 2.47. The zero-order chi connectivity index (χ0) is 21.8. The Morgan fingerprint density at radius 2 is 1.58 bits per heavy atom. The number of amides is 1. The molecule has 7 heteroatoms. The lowest BCUT2D eigenvalue weighted by atomic mass is 10.0. The highest BCUT2D eigenvalue weighted by molar-refractivity contribution is 6.35. The first kappa shape index (κ1) is 21.2. The van der Waals surface area contributed by atoms with Gasteiger partial charge in [-0.2, -0.15) is 0 Å². The van der Waals surface area contributed by atoms with Crippen molar-refractivity contribution in [1.29, 1.82) is 0 Å². The number of hydrogen-bond donors (Lipinski definition) is 0. The Hall–Kier alpha value is -3.02. The average Bonchev–Trinajstić information content (AvgIpc) is 3.09. The van der Waals surface area contributed by atoms with Crippen molar-refractivity contribution in [3.8, 4) is 0 Å². The molecule has 3 aromatic rings. The van der Waals surface area contributed by atoms with E-state index in [2.05, 4.69) is 0 Å². The van der Waals surface area contributed by atoms with Gasteiger partial charge in [-0.1, -0.05) is 89.9 Å². The molecule has 2 atom stereocenters. The van der Waals surface area contributed by atoms with E-state index in [-0.39, 0.29) is 6.61 Å². The van der Waals surface area contributed by atoms with Crippen LogP contribution in [0.5, 0.6) is 0 Å². The Morgan fingerprint density at radius 1 is 0.935 bits per heavy atom. The fourth-order valence-corrected chi connectivity index (χ4v) is 3.98. The van der Waals surface area contributed by atoms with E-state index in [1.54, 1.807) is 18.2 Å². The summed E-state index contributed by atoms with van der Waals surface area (Å²) in [5.41, 5.74) is 2.20. The SMILES string of the molecule is O=C1O[C@H](c2ccc(Cl)cc2Cl)N(C(=O)OCc2ccccc2)[C@@H]1Cc1ccccc1. The summed E-state index contributed by atoms with van der Waals surface area (Å²) in [6, 6.07) is 22.7. The standard InChI is InChI=1S/C24H19Cl2NO4/c25-18-11-12-19(20(26)14-18)22-27(24(29)30-15-17-9-5-2-6-10-17)21(23(28)31-22)13-16-7-3-1-4-8-16/h1-12,14,21-22H,13,15H2/t21-,22-/m1/s1. The predicted octanol–water partition coefficient (Wildman–Crippen LogP) is 5.80. The van der Waals surface area contributed by atoms with Gasteiger partial charge in [-0.05, 0) is 23.3 Å². The zero-order valence-corrected chi connectivity index (χ0v) is 17.9. The number of esters is 1. The van der Waals surface area contributed by atoms with Crippen LogP contribution in [-0.2, 0) is 27.3 Å². The molecule has 0 bridgehead atoms. The van der Waals surface area contributed by atoms with Gasteiger partial charge in [0.1, 0.15) is 12.6 Å². The zero-order valence-electron chi connectivity index (χ0n) is 16.4. The van der Waals surface area contributed by atoms with Crippen LogP contribution in [0, 0.1) is 0 Å². The van der Waals surface area contributed by atoms with Gasteiger partial charge in [0.25, 0.3) is 0 Å². The fourth-order valence-electron chi connectivity index (χ4n) is 3.47. The average molecular weight is 456 g/mol. The van der Waals surface area contributed by atoms with Crippen molar-refractivity contribution in [2.75, 3.05) is 0 Å². The summed E-state index contributed by atoms with van der Waals surface area (Å²) in [7, 11) is 0. The van der Waals surface area contributed by atoms with Gasteiger partial charge >= 0.3 is 12.1 Å². The number of halogens is 2. The van der Waals surface area contributed by atoms with Crippen LogP contribution >= 0.6 is 23.2 Å². The van der Waals surface area contributed by atoms with Crippen molar-refractivity contribution in [2.45, 2.75) is 25.3 Å². The minimum Gasteiger partial charge on any atom is -0.444 e. The van der Waals surface area contributed by atoms with Crippen LogP contribution in [0.4, 0.5) is 4.79 Å². The van der Waals surface area contributed by atoms with Gasteiger partial charge in [0.05, 0.1) is 5.02 Å². The maximum atomic E-state index is 13.1. The van der Waals surface area contributed by atoms with E-state index in [4.69, 9.17) is 32.7 Å². The molecule has 0 aromatic heterocycles. The molecule has 5 nitrogen and oxygen atoms in total. The number of rotatable bonds is 5. The van der Waals surface area contributed by atoms with Gasteiger partial charge in [-0.15, -0.1) is 0 Å². The lowest BCUT2D eigenvalue weighted by molar-refractivity contribution is -0.142. The van der Waals surface area contributed by atoms with Crippen LogP contribution in [0.15, 0.2) is 78.9 Å². The number of ether oxygens (including phenoxy) is 2. The summed E-state index contributed by atoms with van der Waals surface area (Å²) in [4.78, 5) is 27.2. The molecule has 4 rings (SSSR count). The molecule has 0 aliphatic carbocycles. The van der Waals surface area contributed by atoms with Crippen molar-refractivity contribution in [1.82, 2.24) is 4.90 Å². The number of cyclic esters (lactones) is 1. The molecule has 0 saturated carbocycles. The third kappa shape index (κ3) is 4.84. The molecule has 1 fully saturated rings. The Kier molecular flexibility index (Phi) is 6.44. The van der Waals surface area contributed by atoms with E-state index in [1.165, 1.54) is 4.90 Å². The normalized spacial score (nSPS) is 18.0. The molecule has 1 aliphatic rings. The minimum absolute atomic E-state index is 0.0729. The van der Waals surface area contributed by atoms with Crippen LogP contribution in [0.2, 0.25) is 10.0 Å². The largest absolute Gasteiger partial charge is 0.444 e. The molecule has 0 radical (unpaired) electrons. The minimum atomic E-state index is -1.01. The monoisotopic (exact) mass is 455 g/mol. The number of nitrogens with zero attached hydrogens (tertiary/aromatic N) is 1. The van der Waals surface area contributed by atoms with Gasteiger partial charge in [-0.3, -0.25) is 4.90 Å². The van der Waals surface area contributed by atoms with Crippen molar-refractivity contribution in [3.05, 3.63) is 106 Å². The Bertz CT molecular complexity index is 1080. The first-order valence-corrected chi connectivity index (χ1v) is 10.5. The van der Waals surface area contributed by atoms with Gasteiger partial charge < -0.3 is 9.47 Å². The first-order valence-electron chi connectivity index (χ1n) is 9.71. The van der Waals surface area contributed by atoms with E-state index in [0.717, 1.165) is 11.1 Å². The maximum Gasteiger partial charge on any atom is 0.414 e.